The third kappa shape index (κ3) is 2.51. The topological polar surface area (TPSA) is 46.2 Å². The van der Waals surface area contributed by atoms with Crippen molar-refractivity contribution in [3.8, 4) is 0 Å². The van der Waals surface area contributed by atoms with Crippen molar-refractivity contribution in [2.75, 3.05) is 0 Å². The van der Waals surface area contributed by atoms with Gasteiger partial charge in [0.1, 0.15) is 0 Å². The van der Waals surface area contributed by atoms with Crippen LogP contribution in [0.25, 0.3) is 0 Å². The van der Waals surface area contributed by atoms with Crippen LogP contribution in [0.15, 0.2) is 23.1 Å². The minimum Gasteiger partial charge on any atom is -0.208 e. The Balaban J connectivity index is 2.38. The second kappa shape index (κ2) is 3.77. The van der Waals surface area contributed by atoms with Gasteiger partial charge in [0.2, 0.25) is 10.0 Å². The first-order valence-corrected chi connectivity index (χ1v) is 6.63. The molecule has 0 radical (unpaired) electrons. The van der Waals surface area contributed by atoms with Crippen molar-refractivity contribution < 1.29 is 8.42 Å². The van der Waals surface area contributed by atoms with Gasteiger partial charge in [-0.25, -0.2) is 13.1 Å². The van der Waals surface area contributed by atoms with Crippen LogP contribution in [-0.4, -0.2) is 14.5 Å². The highest BCUT2D eigenvalue weighted by molar-refractivity contribution is 7.89. The Kier molecular flexibility index (Phi) is 2.75. The molecule has 0 unspecified atom stereocenters. The van der Waals surface area contributed by atoms with Gasteiger partial charge in [0.25, 0.3) is 0 Å². The van der Waals surface area contributed by atoms with Crippen molar-refractivity contribution in [1.82, 2.24) is 4.72 Å². The van der Waals surface area contributed by atoms with E-state index in [9.17, 15) is 8.42 Å². The molecule has 1 aliphatic carbocycles. The molecule has 0 bridgehead atoms. The van der Waals surface area contributed by atoms with Gasteiger partial charge in [0.15, 0.2) is 0 Å². The Bertz CT molecular complexity index is 480. The van der Waals surface area contributed by atoms with Crippen LogP contribution in [0.3, 0.4) is 0 Å². The largest absolute Gasteiger partial charge is 0.241 e. The van der Waals surface area contributed by atoms with Crippen LogP contribution in [0.4, 0.5) is 0 Å². The number of hydrogen-bond acceptors (Lipinski definition) is 2. The highest BCUT2D eigenvalue weighted by atomic mass is 35.5. The van der Waals surface area contributed by atoms with E-state index in [0.29, 0.717) is 10.6 Å². The number of nitrogens with one attached hydrogen (secondary N) is 1. The predicted octanol–water partition coefficient (Wildman–Crippen LogP) is 2.09. The molecule has 0 aromatic heterocycles. The van der Waals surface area contributed by atoms with Crippen LogP contribution in [-0.2, 0) is 10.0 Å². The Morgan fingerprint density at radius 1 is 1.40 bits per heavy atom. The zero-order chi connectivity index (χ0) is 11.1. The second-order valence-electron chi connectivity index (χ2n) is 3.81. The zero-order valence-corrected chi connectivity index (χ0v) is 9.90. The molecule has 0 heterocycles. The first-order valence-electron chi connectivity index (χ1n) is 4.77. The fourth-order valence-corrected chi connectivity index (χ4v) is 3.16. The van der Waals surface area contributed by atoms with E-state index in [4.69, 9.17) is 11.6 Å². The van der Waals surface area contributed by atoms with Gasteiger partial charge in [-0.2, -0.15) is 0 Å². The Morgan fingerprint density at radius 3 is 2.67 bits per heavy atom. The van der Waals surface area contributed by atoms with E-state index in [1.54, 1.807) is 19.1 Å². The Morgan fingerprint density at radius 2 is 2.07 bits per heavy atom. The maximum atomic E-state index is 11.9. The molecule has 82 valence electrons. The fourth-order valence-electron chi connectivity index (χ4n) is 1.35. The second-order valence-corrected chi connectivity index (χ2v) is 5.92. The summed E-state index contributed by atoms with van der Waals surface area (Å²) in [6, 6.07) is 5.01. The van der Waals surface area contributed by atoms with Crippen LogP contribution < -0.4 is 4.72 Å². The molecule has 1 fully saturated rings. The molecule has 1 saturated carbocycles. The molecule has 0 spiro atoms. The number of aryl methyl sites for hydroxylation is 1. The molecule has 1 aromatic carbocycles. The third-order valence-corrected chi connectivity index (χ3v) is 4.24. The third-order valence-electron chi connectivity index (χ3n) is 2.34. The highest BCUT2D eigenvalue weighted by Crippen LogP contribution is 2.25. The first-order chi connectivity index (χ1) is 6.99. The quantitative estimate of drug-likeness (QED) is 0.887. The SMILES string of the molecule is Cc1ccc(Cl)cc1S(=O)(=O)NC1CC1. The summed E-state index contributed by atoms with van der Waals surface area (Å²) in [7, 11) is -3.38. The van der Waals surface area contributed by atoms with E-state index in [-0.39, 0.29) is 10.9 Å². The smallest absolute Gasteiger partial charge is 0.208 e. The standard InChI is InChI=1S/C10H12ClNO2S/c1-7-2-3-8(11)6-10(7)15(13,14)12-9-4-5-9/h2-3,6,9,12H,4-5H2,1H3. The Labute approximate surface area is 94.5 Å². The van der Waals surface area contributed by atoms with E-state index in [1.165, 1.54) is 6.07 Å². The molecule has 3 nitrogen and oxygen atoms in total. The summed E-state index contributed by atoms with van der Waals surface area (Å²) < 4.78 is 26.4. The lowest BCUT2D eigenvalue weighted by Crippen LogP contribution is -2.26. The monoisotopic (exact) mass is 245 g/mol. The van der Waals surface area contributed by atoms with Gasteiger partial charge < -0.3 is 0 Å². The van der Waals surface area contributed by atoms with Gasteiger partial charge in [0.05, 0.1) is 4.90 Å². The number of benzene rings is 1. The van der Waals surface area contributed by atoms with Crippen molar-refractivity contribution in [1.29, 1.82) is 0 Å². The van der Waals surface area contributed by atoms with Crippen molar-refractivity contribution in [3.05, 3.63) is 28.8 Å². The van der Waals surface area contributed by atoms with Gasteiger partial charge in [-0.3, -0.25) is 0 Å². The van der Waals surface area contributed by atoms with Gasteiger partial charge >= 0.3 is 0 Å². The number of halogens is 1. The minimum atomic E-state index is -3.38. The minimum absolute atomic E-state index is 0.119. The average Bonchev–Trinajstić information content (AvgIpc) is 2.92. The van der Waals surface area contributed by atoms with Crippen molar-refractivity contribution in [3.63, 3.8) is 0 Å². The van der Waals surface area contributed by atoms with Crippen LogP contribution in [0.5, 0.6) is 0 Å². The van der Waals surface area contributed by atoms with E-state index >= 15 is 0 Å². The molecule has 1 N–H and O–H groups in total. The maximum absolute atomic E-state index is 11.9. The highest BCUT2D eigenvalue weighted by Gasteiger charge is 2.28. The van der Waals surface area contributed by atoms with Crippen molar-refractivity contribution >= 4 is 21.6 Å². The van der Waals surface area contributed by atoms with Gasteiger partial charge in [-0.15, -0.1) is 0 Å². The summed E-state index contributed by atoms with van der Waals surface area (Å²) in [5.74, 6) is 0. The first kappa shape index (κ1) is 10.9. The molecule has 0 aliphatic heterocycles. The number of hydrogen-bond donors (Lipinski definition) is 1. The van der Waals surface area contributed by atoms with Crippen LogP contribution in [0, 0.1) is 6.92 Å². The number of sulfonamides is 1. The summed E-state index contributed by atoms with van der Waals surface area (Å²) >= 11 is 5.78. The van der Waals surface area contributed by atoms with Crippen molar-refractivity contribution in [2.24, 2.45) is 0 Å². The molecule has 0 saturated heterocycles. The van der Waals surface area contributed by atoms with Gasteiger partial charge in [0, 0.05) is 11.1 Å². The van der Waals surface area contributed by atoms with Crippen molar-refractivity contribution in [2.45, 2.75) is 30.7 Å². The summed E-state index contributed by atoms with van der Waals surface area (Å²) in [6.45, 7) is 1.76. The van der Waals surface area contributed by atoms with Gasteiger partial charge in [-0.05, 0) is 37.5 Å². The Hall–Kier alpha value is -0.580. The molecule has 0 atom stereocenters. The molecular formula is C10H12ClNO2S. The number of rotatable bonds is 3. The lowest BCUT2D eigenvalue weighted by Gasteiger charge is -2.08. The molecule has 1 aliphatic rings. The lowest BCUT2D eigenvalue weighted by atomic mass is 10.2. The maximum Gasteiger partial charge on any atom is 0.241 e. The molecule has 0 amide bonds. The summed E-state index contributed by atoms with van der Waals surface area (Å²) in [5.41, 5.74) is 0.715. The van der Waals surface area contributed by atoms with Crippen LogP contribution >= 0.6 is 11.6 Å². The summed E-state index contributed by atoms with van der Waals surface area (Å²) in [4.78, 5) is 0.280. The molecule has 2 rings (SSSR count). The van der Waals surface area contributed by atoms with Crippen LogP contribution in [0.2, 0.25) is 5.02 Å². The summed E-state index contributed by atoms with van der Waals surface area (Å²) in [6.07, 6.45) is 1.86. The molecule has 1 aromatic rings. The van der Waals surface area contributed by atoms with E-state index in [2.05, 4.69) is 4.72 Å². The average molecular weight is 246 g/mol. The van der Waals surface area contributed by atoms with Crippen LogP contribution in [0.1, 0.15) is 18.4 Å². The summed E-state index contributed by atoms with van der Waals surface area (Å²) in [5, 5.41) is 0.441. The fraction of sp³-hybridized carbons (Fsp3) is 0.400. The predicted molar refractivity (Wildman–Crippen MR) is 59.5 cm³/mol. The molecular weight excluding hydrogens is 234 g/mol. The van der Waals surface area contributed by atoms with E-state index in [0.717, 1.165) is 12.8 Å². The van der Waals surface area contributed by atoms with Gasteiger partial charge in [-0.1, -0.05) is 17.7 Å². The van der Waals surface area contributed by atoms with E-state index < -0.39 is 10.0 Å². The lowest BCUT2D eigenvalue weighted by molar-refractivity contribution is 0.580. The zero-order valence-electron chi connectivity index (χ0n) is 8.33. The molecule has 15 heavy (non-hydrogen) atoms. The normalized spacial score (nSPS) is 16.7. The molecule has 5 heteroatoms. The van der Waals surface area contributed by atoms with E-state index in [1.807, 2.05) is 0 Å².